The van der Waals surface area contributed by atoms with E-state index in [1.807, 2.05) is 0 Å². The Morgan fingerprint density at radius 3 is 2.00 bits per heavy atom. The number of hydrogen-bond donors (Lipinski definition) is 0. The average Bonchev–Trinajstić information content (AvgIpc) is 1.63. The molecule has 56 valence electrons. The molecule has 0 rings (SSSR count). The zero-order valence-electron chi connectivity index (χ0n) is 6.66. The summed E-state index contributed by atoms with van der Waals surface area (Å²) in [6.07, 6.45) is -0.353. The van der Waals surface area contributed by atoms with Crippen LogP contribution in [-0.2, 0) is 13.6 Å². The van der Waals surface area contributed by atoms with Gasteiger partial charge >= 0.3 is 18.9 Å². The molecule has 0 heterocycles. The molecule has 0 aliphatic carbocycles. The van der Waals surface area contributed by atoms with Crippen molar-refractivity contribution in [3.8, 4) is 0 Å². The molecule has 0 amide bonds. The van der Waals surface area contributed by atoms with Crippen molar-refractivity contribution in [1.29, 1.82) is 0 Å². The summed E-state index contributed by atoms with van der Waals surface area (Å²) in [4.78, 5) is 10.4. The van der Waals surface area contributed by atoms with Gasteiger partial charge in [0.05, 0.1) is 6.10 Å². The summed E-state index contributed by atoms with van der Waals surface area (Å²) in [6.45, 7) is 3.23. The van der Waals surface area contributed by atoms with Crippen molar-refractivity contribution in [2.24, 2.45) is 0 Å². The summed E-state index contributed by atoms with van der Waals surface area (Å²) in [7, 11) is -2.91. The van der Waals surface area contributed by atoms with E-state index in [1.165, 1.54) is 0 Å². The van der Waals surface area contributed by atoms with Gasteiger partial charge in [0.1, 0.15) is 0 Å². The number of rotatable bonds is 3. The molecule has 0 radical (unpaired) electrons. The topological polar surface area (TPSA) is 58.6 Å². The van der Waals surface area contributed by atoms with Gasteiger partial charge in [-0.05, 0) is 13.8 Å². The van der Waals surface area contributed by atoms with Gasteiger partial charge in [0.2, 0.25) is 0 Å². The fourth-order valence-electron chi connectivity index (χ4n) is 0.301. The van der Waals surface area contributed by atoms with E-state index in [-0.39, 0.29) is 25.0 Å². The summed E-state index contributed by atoms with van der Waals surface area (Å²) in [5.74, 6) is 0. The van der Waals surface area contributed by atoms with Crippen molar-refractivity contribution < 1.29 is 37.4 Å². The molecule has 10 heavy (non-hydrogen) atoms. The van der Waals surface area contributed by atoms with E-state index in [9.17, 15) is 9.46 Å². The fraction of sp³-hybridized carbons (Fsp3) is 1.00. The molecular weight excluding hydrogens is 150 g/mol. The van der Waals surface area contributed by atoms with Gasteiger partial charge in [-0.15, -0.1) is 0 Å². The molecule has 0 saturated heterocycles. The average molecular weight is 160 g/mol. The molecule has 0 spiro atoms. The molecule has 0 aromatic rings. The van der Waals surface area contributed by atoms with Gasteiger partial charge in [0.15, 0.2) is 0 Å². The van der Waals surface area contributed by atoms with Crippen LogP contribution in [0, 0.1) is 0 Å². The molecule has 6 heteroatoms. The largest absolute Gasteiger partial charge is 1.00 e. The second kappa shape index (κ2) is 5.37. The van der Waals surface area contributed by atoms with E-state index < -0.39 is 7.82 Å². The second-order valence-corrected chi connectivity index (χ2v) is 3.25. The molecule has 0 bridgehead atoms. The normalized spacial score (nSPS) is 16.1. The Bertz CT molecular complexity index is 126. The predicted octanol–water partition coefficient (Wildman–Crippen LogP) is -2.47. The Balaban J connectivity index is 0. The van der Waals surface area contributed by atoms with E-state index in [0.717, 1.165) is 7.11 Å². The van der Waals surface area contributed by atoms with E-state index in [1.54, 1.807) is 13.8 Å². The van der Waals surface area contributed by atoms with Gasteiger partial charge in [-0.25, -0.2) is 0 Å². The van der Waals surface area contributed by atoms with Gasteiger partial charge in [-0.3, -0.25) is 4.57 Å². The first-order valence-corrected chi connectivity index (χ1v) is 3.99. The van der Waals surface area contributed by atoms with Crippen LogP contribution in [0.15, 0.2) is 0 Å². The Morgan fingerprint density at radius 1 is 1.50 bits per heavy atom. The maximum atomic E-state index is 10.4. The van der Waals surface area contributed by atoms with Gasteiger partial charge in [-0.1, -0.05) is 0 Å². The van der Waals surface area contributed by atoms with Crippen LogP contribution in [-0.4, -0.2) is 13.2 Å². The number of phosphoric acid groups is 1. The first kappa shape index (κ1) is 13.3. The van der Waals surface area contributed by atoms with Crippen molar-refractivity contribution in [2.75, 3.05) is 7.11 Å². The van der Waals surface area contributed by atoms with Crippen LogP contribution in [0.5, 0.6) is 0 Å². The quantitative estimate of drug-likeness (QED) is 0.339. The molecule has 0 aromatic heterocycles. The van der Waals surface area contributed by atoms with E-state index >= 15 is 0 Å². The fourth-order valence-corrected chi connectivity index (χ4v) is 0.904. The van der Waals surface area contributed by atoms with E-state index in [2.05, 4.69) is 9.05 Å². The third-order valence-corrected chi connectivity index (χ3v) is 1.69. The van der Waals surface area contributed by atoms with Crippen molar-refractivity contribution in [3.05, 3.63) is 0 Å². The van der Waals surface area contributed by atoms with Crippen LogP contribution >= 0.6 is 7.82 Å². The van der Waals surface area contributed by atoms with Crippen LogP contribution in [0.1, 0.15) is 13.8 Å². The van der Waals surface area contributed by atoms with Crippen molar-refractivity contribution in [1.82, 2.24) is 0 Å². The Morgan fingerprint density at radius 2 is 1.90 bits per heavy atom. The summed E-state index contributed by atoms with van der Waals surface area (Å²) >= 11 is 0. The van der Waals surface area contributed by atoms with Crippen LogP contribution in [0.2, 0.25) is 0 Å². The smallest absolute Gasteiger partial charge is 0.756 e. The minimum Gasteiger partial charge on any atom is -0.756 e. The molecule has 1 atom stereocenters. The van der Waals surface area contributed by atoms with Crippen molar-refractivity contribution in [3.63, 3.8) is 0 Å². The molecule has 0 aromatic carbocycles. The van der Waals surface area contributed by atoms with Crippen molar-refractivity contribution in [2.45, 2.75) is 20.0 Å². The molecule has 0 N–H and O–H groups in total. The van der Waals surface area contributed by atoms with Crippen LogP contribution < -0.4 is 23.8 Å². The summed E-state index contributed by atoms with van der Waals surface area (Å²) in [6, 6.07) is 0. The molecule has 0 aliphatic rings. The van der Waals surface area contributed by atoms with Crippen molar-refractivity contribution >= 4 is 7.82 Å². The Labute approximate surface area is 72.7 Å². The van der Waals surface area contributed by atoms with Gasteiger partial charge in [0, 0.05) is 7.11 Å². The van der Waals surface area contributed by atoms with Gasteiger partial charge in [-0.2, -0.15) is 0 Å². The molecule has 1 unspecified atom stereocenters. The second-order valence-electron chi connectivity index (χ2n) is 1.78. The SMILES string of the molecule is COP(=O)([O-])OC(C)C.[Li+]. The van der Waals surface area contributed by atoms with E-state index in [4.69, 9.17) is 0 Å². The zero-order chi connectivity index (χ0) is 7.49. The number of phosphoric ester groups is 1. The molecular formula is C4H10LiO4P. The standard InChI is InChI=1S/C4H11O4P.Li/c1-4(2)8-9(5,6)7-3;/h4H,1-3H3,(H,5,6);/q;+1/p-1. The first-order chi connectivity index (χ1) is 3.98. The predicted molar refractivity (Wildman–Crippen MR) is 30.8 cm³/mol. The maximum Gasteiger partial charge on any atom is 1.00 e. The minimum absolute atomic E-state index is 0. The van der Waals surface area contributed by atoms with Crippen LogP contribution in [0.3, 0.4) is 0 Å². The summed E-state index contributed by atoms with van der Waals surface area (Å²) in [5, 5.41) is 0. The van der Waals surface area contributed by atoms with E-state index in [0.29, 0.717) is 0 Å². The zero-order valence-corrected chi connectivity index (χ0v) is 7.55. The summed E-state index contributed by atoms with van der Waals surface area (Å²) < 4.78 is 18.8. The minimum atomic E-state index is -3.98. The van der Waals surface area contributed by atoms with Crippen LogP contribution in [0.4, 0.5) is 0 Å². The van der Waals surface area contributed by atoms with Gasteiger partial charge < -0.3 is 13.9 Å². The van der Waals surface area contributed by atoms with Gasteiger partial charge in [0.25, 0.3) is 7.82 Å². The Kier molecular flexibility index (Phi) is 7.15. The monoisotopic (exact) mass is 160 g/mol. The molecule has 0 fully saturated rings. The van der Waals surface area contributed by atoms with Crippen LogP contribution in [0.25, 0.3) is 0 Å². The summed E-state index contributed by atoms with van der Waals surface area (Å²) in [5.41, 5.74) is 0. The Hall–Kier alpha value is 0.707. The molecule has 0 saturated carbocycles. The first-order valence-electron chi connectivity index (χ1n) is 2.53. The molecule has 0 aliphatic heterocycles. The maximum absolute atomic E-state index is 10.4. The third kappa shape index (κ3) is 6.82. The molecule has 4 nitrogen and oxygen atoms in total. The number of hydrogen-bond acceptors (Lipinski definition) is 4. The third-order valence-electron chi connectivity index (χ3n) is 0.564.